The maximum absolute atomic E-state index is 6.28. The van der Waals surface area contributed by atoms with Crippen molar-refractivity contribution in [2.45, 2.75) is 32.4 Å². The predicted molar refractivity (Wildman–Crippen MR) is 88.9 cm³/mol. The van der Waals surface area contributed by atoms with Crippen molar-refractivity contribution in [3.8, 4) is 5.75 Å². The topological polar surface area (TPSA) is 63.9 Å². The van der Waals surface area contributed by atoms with E-state index >= 15 is 0 Å². The van der Waals surface area contributed by atoms with Gasteiger partial charge in [0.2, 0.25) is 0 Å². The number of nitrogens with zero attached hydrogens (tertiary/aromatic N) is 1. The monoisotopic (exact) mass is 295 g/mol. The van der Waals surface area contributed by atoms with Crippen molar-refractivity contribution >= 4 is 11.0 Å². The first-order valence-corrected chi connectivity index (χ1v) is 7.57. The van der Waals surface area contributed by atoms with Gasteiger partial charge in [-0.15, -0.1) is 0 Å². The van der Waals surface area contributed by atoms with Crippen molar-refractivity contribution in [3.63, 3.8) is 0 Å². The van der Waals surface area contributed by atoms with Crippen molar-refractivity contribution in [3.05, 3.63) is 59.9 Å². The molecule has 0 aliphatic heterocycles. The third-order valence-electron chi connectivity index (χ3n) is 3.49. The van der Waals surface area contributed by atoms with E-state index in [-0.39, 0.29) is 12.1 Å². The molecule has 22 heavy (non-hydrogen) atoms. The number of hydrogen-bond acceptors (Lipinski definition) is 3. The number of ether oxygens (including phenoxy) is 1. The van der Waals surface area contributed by atoms with Gasteiger partial charge in [-0.25, -0.2) is 4.98 Å². The Labute approximate surface area is 130 Å². The fraction of sp³-hybridized carbons (Fsp3) is 0.278. The first-order chi connectivity index (χ1) is 10.6. The number of benzene rings is 2. The lowest BCUT2D eigenvalue weighted by Crippen LogP contribution is -2.14. The molecule has 3 aromatic rings. The van der Waals surface area contributed by atoms with E-state index < -0.39 is 0 Å². The van der Waals surface area contributed by atoms with Crippen LogP contribution in [0.25, 0.3) is 11.0 Å². The van der Waals surface area contributed by atoms with Crippen LogP contribution in [0, 0.1) is 0 Å². The van der Waals surface area contributed by atoms with Gasteiger partial charge in [0, 0.05) is 6.07 Å². The zero-order valence-electron chi connectivity index (χ0n) is 12.9. The minimum atomic E-state index is -0.149. The van der Waals surface area contributed by atoms with Gasteiger partial charge in [0.25, 0.3) is 0 Å². The molecule has 0 bridgehead atoms. The molecule has 4 nitrogen and oxygen atoms in total. The Hall–Kier alpha value is -2.33. The highest BCUT2D eigenvalue weighted by atomic mass is 16.5. The van der Waals surface area contributed by atoms with Crippen molar-refractivity contribution in [2.75, 3.05) is 0 Å². The molecule has 0 saturated carbocycles. The fourth-order valence-corrected chi connectivity index (χ4v) is 2.49. The lowest BCUT2D eigenvalue weighted by atomic mass is 10.1. The molecule has 0 spiro atoms. The highest BCUT2D eigenvalue weighted by molar-refractivity contribution is 5.76. The second-order valence-electron chi connectivity index (χ2n) is 5.76. The molecule has 114 valence electrons. The van der Waals surface area contributed by atoms with Gasteiger partial charge in [-0.05, 0) is 38.0 Å². The quantitative estimate of drug-likeness (QED) is 0.756. The summed E-state index contributed by atoms with van der Waals surface area (Å²) in [6.07, 6.45) is 0.913. The largest absolute Gasteiger partial charge is 0.491 e. The Morgan fingerprint density at radius 3 is 2.64 bits per heavy atom. The first kappa shape index (κ1) is 14.6. The molecule has 0 aliphatic carbocycles. The lowest BCUT2D eigenvalue weighted by molar-refractivity contribution is 0.242. The number of nitrogens with one attached hydrogen (secondary N) is 1. The van der Waals surface area contributed by atoms with Gasteiger partial charge in [0.05, 0.1) is 23.2 Å². The lowest BCUT2D eigenvalue weighted by Gasteiger charge is -2.09. The summed E-state index contributed by atoms with van der Waals surface area (Å²) in [5.74, 6) is 1.65. The molecule has 3 rings (SSSR count). The van der Waals surface area contributed by atoms with E-state index in [1.807, 2.05) is 50.2 Å². The molecule has 1 atom stereocenters. The highest BCUT2D eigenvalue weighted by Crippen LogP contribution is 2.22. The third-order valence-corrected chi connectivity index (χ3v) is 3.49. The van der Waals surface area contributed by atoms with E-state index in [0.717, 1.165) is 29.0 Å². The van der Waals surface area contributed by atoms with Gasteiger partial charge in [-0.2, -0.15) is 0 Å². The van der Waals surface area contributed by atoms with Gasteiger partial charge in [0.1, 0.15) is 11.6 Å². The molecule has 4 heteroatoms. The van der Waals surface area contributed by atoms with Crippen molar-refractivity contribution in [1.82, 2.24) is 9.97 Å². The molecular formula is C18H21N3O. The molecular weight excluding hydrogens is 274 g/mol. The molecule has 0 saturated heterocycles. The van der Waals surface area contributed by atoms with E-state index in [1.165, 1.54) is 5.56 Å². The molecule has 1 heterocycles. The number of hydrogen-bond donors (Lipinski definition) is 2. The van der Waals surface area contributed by atoms with Crippen molar-refractivity contribution < 1.29 is 4.74 Å². The standard InChI is InChI=1S/C18H21N3O/c1-12(2)22-14-8-9-16-17(11-14)21-18(20-16)15(19)10-13-6-4-3-5-7-13/h3-9,11-12,15H,10,19H2,1-2H3,(H,20,21). The Morgan fingerprint density at radius 2 is 1.91 bits per heavy atom. The maximum Gasteiger partial charge on any atom is 0.124 e. The Kier molecular flexibility index (Phi) is 4.11. The van der Waals surface area contributed by atoms with E-state index in [1.54, 1.807) is 0 Å². The predicted octanol–water partition coefficient (Wildman–Crippen LogP) is 3.59. The van der Waals surface area contributed by atoms with Gasteiger partial charge in [-0.1, -0.05) is 30.3 Å². The zero-order chi connectivity index (χ0) is 15.5. The summed E-state index contributed by atoms with van der Waals surface area (Å²) in [6.45, 7) is 4.02. The van der Waals surface area contributed by atoms with Crippen LogP contribution in [-0.2, 0) is 6.42 Å². The van der Waals surface area contributed by atoms with Gasteiger partial charge < -0.3 is 15.5 Å². The molecule has 0 aliphatic rings. The summed E-state index contributed by atoms with van der Waals surface area (Å²) >= 11 is 0. The Balaban J connectivity index is 1.82. The average molecular weight is 295 g/mol. The first-order valence-electron chi connectivity index (χ1n) is 7.57. The smallest absolute Gasteiger partial charge is 0.124 e. The molecule has 0 amide bonds. The normalized spacial score (nSPS) is 12.7. The van der Waals surface area contributed by atoms with Crippen LogP contribution in [0.2, 0.25) is 0 Å². The van der Waals surface area contributed by atoms with E-state index in [4.69, 9.17) is 10.5 Å². The summed E-state index contributed by atoms with van der Waals surface area (Å²) < 4.78 is 5.71. The molecule has 0 fully saturated rings. The maximum atomic E-state index is 6.28. The average Bonchev–Trinajstić information content (AvgIpc) is 2.91. The fourth-order valence-electron chi connectivity index (χ4n) is 2.49. The minimum absolute atomic E-state index is 0.149. The third kappa shape index (κ3) is 3.28. The van der Waals surface area contributed by atoms with E-state index in [2.05, 4.69) is 22.1 Å². The Morgan fingerprint density at radius 1 is 1.14 bits per heavy atom. The summed E-state index contributed by atoms with van der Waals surface area (Å²) in [4.78, 5) is 7.91. The van der Waals surface area contributed by atoms with Gasteiger partial charge in [-0.3, -0.25) is 0 Å². The molecule has 1 aromatic heterocycles. The SMILES string of the molecule is CC(C)Oc1ccc2nc(C(N)Cc3ccccc3)[nH]c2c1. The van der Waals surface area contributed by atoms with Crippen LogP contribution >= 0.6 is 0 Å². The molecule has 0 radical (unpaired) electrons. The number of fused-ring (bicyclic) bond motifs is 1. The number of imidazole rings is 1. The van der Waals surface area contributed by atoms with Gasteiger partial charge in [0.15, 0.2) is 0 Å². The summed E-state index contributed by atoms with van der Waals surface area (Å²) in [5, 5.41) is 0. The van der Waals surface area contributed by atoms with Crippen molar-refractivity contribution in [1.29, 1.82) is 0 Å². The van der Waals surface area contributed by atoms with Crippen LogP contribution in [0.3, 0.4) is 0 Å². The van der Waals surface area contributed by atoms with Crippen LogP contribution in [0.1, 0.15) is 31.3 Å². The summed E-state index contributed by atoms with van der Waals surface area (Å²) in [5.41, 5.74) is 9.36. The zero-order valence-corrected chi connectivity index (χ0v) is 12.9. The molecule has 3 N–H and O–H groups in total. The van der Waals surface area contributed by atoms with Gasteiger partial charge >= 0.3 is 0 Å². The highest BCUT2D eigenvalue weighted by Gasteiger charge is 2.12. The number of H-pyrrole nitrogens is 1. The molecule has 2 aromatic carbocycles. The van der Waals surface area contributed by atoms with E-state index in [9.17, 15) is 0 Å². The number of aromatic nitrogens is 2. The van der Waals surface area contributed by atoms with Crippen LogP contribution in [0.5, 0.6) is 5.75 Å². The number of rotatable bonds is 5. The van der Waals surface area contributed by atoms with Crippen LogP contribution in [-0.4, -0.2) is 16.1 Å². The number of nitrogens with two attached hydrogens (primary N) is 1. The summed E-state index contributed by atoms with van der Waals surface area (Å²) in [6, 6.07) is 15.9. The second kappa shape index (κ2) is 6.20. The van der Waals surface area contributed by atoms with Crippen LogP contribution in [0.15, 0.2) is 48.5 Å². The van der Waals surface area contributed by atoms with E-state index in [0.29, 0.717) is 0 Å². The van der Waals surface area contributed by atoms with Crippen LogP contribution in [0.4, 0.5) is 0 Å². The minimum Gasteiger partial charge on any atom is -0.491 e. The molecule has 1 unspecified atom stereocenters. The Bertz CT molecular complexity index is 749. The second-order valence-corrected chi connectivity index (χ2v) is 5.76. The van der Waals surface area contributed by atoms with Crippen molar-refractivity contribution in [2.24, 2.45) is 5.73 Å². The van der Waals surface area contributed by atoms with Crippen LogP contribution < -0.4 is 10.5 Å². The number of aromatic amines is 1. The summed E-state index contributed by atoms with van der Waals surface area (Å²) in [7, 11) is 0.